The van der Waals surface area contributed by atoms with Crippen LogP contribution in [0.1, 0.15) is 34.7 Å². The zero-order valence-corrected chi connectivity index (χ0v) is 15.0. The van der Waals surface area contributed by atoms with Crippen molar-refractivity contribution in [3.8, 4) is 0 Å². The van der Waals surface area contributed by atoms with Crippen molar-refractivity contribution >= 4 is 17.2 Å². The van der Waals surface area contributed by atoms with Crippen molar-refractivity contribution in [2.24, 2.45) is 0 Å². The number of rotatable bonds is 4. The topological polar surface area (TPSA) is 64.6 Å². The number of amides is 1. The molecule has 6 nitrogen and oxygen atoms in total. The van der Waals surface area contributed by atoms with Crippen LogP contribution in [-0.4, -0.2) is 52.2 Å². The summed E-state index contributed by atoms with van der Waals surface area (Å²) < 4.78 is 12.1. The predicted molar refractivity (Wildman–Crippen MR) is 93.5 cm³/mol. The molecule has 1 unspecified atom stereocenters. The molecule has 0 aliphatic carbocycles. The third-order valence-electron chi connectivity index (χ3n) is 4.76. The van der Waals surface area contributed by atoms with Gasteiger partial charge in [-0.05, 0) is 25.5 Å². The van der Waals surface area contributed by atoms with Crippen LogP contribution < -0.4 is 0 Å². The van der Waals surface area contributed by atoms with Crippen molar-refractivity contribution < 1.29 is 14.3 Å². The average molecular weight is 359 g/mol. The van der Waals surface area contributed by atoms with Gasteiger partial charge in [-0.15, -0.1) is 11.3 Å². The maximum atomic E-state index is 12.3. The van der Waals surface area contributed by atoms with Crippen LogP contribution in [0, 0.1) is 6.92 Å². The number of nitrogens with zero attached hydrogens (tertiary/aromatic N) is 3. The van der Waals surface area contributed by atoms with Crippen LogP contribution in [0.15, 0.2) is 29.1 Å². The summed E-state index contributed by atoms with van der Waals surface area (Å²) in [6.07, 6.45) is 1.85. The zero-order valence-electron chi connectivity index (χ0n) is 14.2. The monoisotopic (exact) mass is 359 g/mol. The number of aromatic nitrogens is 2. The fourth-order valence-corrected chi connectivity index (χ4v) is 4.03. The van der Waals surface area contributed by atoms with Crippen molar-refractivity contribution in [3.63, 3.8) is 0 Å². The Kier molecular flexibility index (Phi) is 4.54. The molecule has 0 radical (unpaired) electrons. The van der Waals surface area contributed by atoms with E-state index in [-0.39, 0.29) is 17.6 Å². The summed E-state index contributed by atoms with van der Waals surface area (Å²) in [4.78, 5) is 22.7. The summed E-state index contributed by atoms with van der Waals surface area (Å²) in [6.45, 7) is 4.40. The van der Waals surface area contributed by atoms with Gasteiger partial charge in [-0.1, -0.05) is 6.07 Å². The largest absolute Gasteiger partial charge is 0.372 e. The molecule has 2 fully saturated rings. The minimum Gasteiger partial charge on any atom is -0.372 e. The third-order valence-corrected chi connectivity index (χ3v) is 5.34. The second kappa shape index (κ2) is 6.82. The minimum atomic E-state index is -0.255. The van der Waals surface area contributed by atoms with Gasteiger partial charge in [0.15, 0.2) is 0 Å². The van der Waals surface area contributed by atoms with Gasteiger partial charge in [0.2, 0.25) is 0 Å². The predicted octanol–water partition coefficient (Wildman–Crippen LogP) is 2.44. The summed E-state index contributed by atoms with van der Waals surface area (Å²) in [5.74, 6) is -0.0116. The van der Waals surface area contributed by atoms with Crippen molar-refractivity contribution in [2.45, 2.75) is 38.1 Å². The summed E-state index contributed by atoms with van der Waals surface area (Å²) >= 11 is 1.44. The van der Waals surface area contributed by atoms with E-state index in [0.29, 0.717) is 32.0 Å². The van der Waals surface area contributed by atoms with E-state index in [0.717, 1.165) is 24.2 Å². The molecule has 2 aromatic heterocycles. The molecular weight excluding hydrogens is 338 g/mol. The Morgan fingerprint density at radius 1 is 1.48 bits per heavy atom. The Bertz CT molecular complexity index is 744. The number of aryl methyl sites for hydroxylation is 1. The summed E-state index contributed by atoms with van der Waals surface area (Å²) in [5.41, 5.74) is 3.90. The van der Waals surface area contributed by atoms with Crippen LogP contribution in [0.3, 0.4) is 0 Å². The molecule has 7 heteroatoms. The van der Waals surface area contributed by atoms with Gasteiger partial charge < -0.3 is 14.4 Å². The molecule has 0 bridgehead atoms. The normalized spacial score (nSPS) is 22.0. The molecular formula is C18H21N3O3S. The molecule has 0 saturated carbocycles. The third kappa shape index (κ3) is 3.58. The van der Waals surface area contributed by atoms with Gasteiger partial charge in [-0.3, -0.25) is 9.78 Å². The van der Waals surface area contributed by atoms with Crippen molar-refractivity contribution in [3.05, 3.63) is 46.2 Å². The molecule has 25 heavy (non-hydrogen) atoms. The molecule has 1 atom stereocenters. The van der Waals surface area contributed by atoms with Crippen molar-refractivity contribution in [2.75, 3.05) is 19.7 Å². The molecule has 1 amide bonds. The number of hydrogen-bond donors (Lipinski definition) is 0. The lowest BCUT2D eigenvalue weighted by Gasteiger charge is -2.52. The smallest absolute Gasteiger partial charge is 0.273 e. The molecule has 0 aromatic carbocycles. The maximum absolute atomic E-state index is 12.3. The molecule has 2 aliphatic rings. The van der Waals surface area contributed by atoms with Gasteiger partial charge >= 0.3 is 0 Å². The number of likely N-dealkylation sites (tertiary alicyclic amines) is 1. The first kappa shape index (κ1) is 16.6. The Hall–Kier alpha value is -1.83. The highest BCUT2D eigenvalue weighted by Gasteiger charge is 2.49. The summed E-state index contributed by atoms with van der Waals surface area (Å²) in [6, 6.07) is 5.97. The maximum Gasteiger partial charge on any atom is 0.273 e. The minimum absolute atomic E-state index is 0.0116. The van der Waals surface area contributed by atoms with Crippen LogP contribution in [0.4, 0.5) is 0 Å². The van der Waals surface area contributed by atoms with E-state index in [2.05, 4.69) is 9.97 Å². The number of thiazole rings is 1. The fourth-order valence-electron chi connectivity index (χ4n) is 3.50. The van der Waals surface area contributed by atoms with E-state index < -0.39 is 0 Å². The molecule has 4 rings (SSSR count). The highest BCUT2D eigenvalue weighted by Crippen LogP contribution is 2.36. The number of carbonyl (C=O) groups excluding carboxylic acids is 1. The Labute approximate surface area is 150 Å². The van der Waals surface area contributed by atoms with E-state index in [4.69, 9.17) is 9.47 Å². The van der Waals surface area contributed by atoms with Crippen LogP contribution in [-0.2, 0) is 16.1 Å². The Morgan fingerprint density at radius 2 is 2.36 bits per heavy atom. The van der Waals surface area contributed by atoms with E-state index in [1.807, 2.05) is 25.1 Å². The molecule has 1 spiro atoms. The lowest BCUT2D eigenvalue weighted by molar-refractivity contribution is -0.188. The van der Waals surface area contributed by atoms with E-state index in [9.17, 15) is 4.79 Å². The zero-order chi connectivity index (χ0) is 17.3. The second-order valence-electron chi connectivity index (χ2n) is 6.76. The van der Waals surface area contributed by atoms with Gasteiger partial charge in [0.25, 0.3) is 5.91 Å². The molecule has 2 saturated heterocycles. The Balaban J connectivity index is 1.31. The molecule has 2 aromatic rings. The lowest BCUT2D eigenvalue weighted by Crippen LogP contribution is -2.67. The van der Waals surface area contributed by atoms with Gasteiger partial charge in [0.05, 0.1) is 37.0 Å². The first-order valence-electron chi connectivity index (χ1n) is 8.49. The first-order valence-corrected chi connectivity index (χ1v) is 9.43. The second-order valence-corrected chi connectivity index (χ2v) is 7.48. The number of ether oxygens (including phenoxy) is 2. The van der Waals surface area contributed by atoms with Gasteiger partial charge in [-0.2, -0.15) is 0 Å². The quantitative estimate of drug-likeness (QED) is 0.839. The number of hydrogen-bond acceptors (Lipinski definition) is 6. The molecule has 0 N–H and O–H groups in total. The van der Waals surface area contributed by atoms with Crippen LogP contribution in [0.2, 0.25) is 0 Å². The standard InChI is InChI=1S/C18H21N3O3S/c1-13-3-2-4-14(20-13)8-23-15-5-6-24-18(7-15)10-21(11-18)17(22)16-9-25-12-19-16/h2-4,9,12,15H,5-8,10-11H2,1H3. The van der Waals surface area contributed by atoms with Gasteiger partial charge in [-0.25, -0.2) is 4.98 Å². The average Bonchev–Trinajstić information content (AvgIpc) is 3.12. The van der Waals surface area contributed by atoms with Gasteiger partial charge in [0.1, 0.15) is 11.3 Å². The SMILES string of the molecule is Cc1cccc(COC2CCOC3(C2)CN(C(=O)c2cscn2)C3)n1. The lowest BCUT2D eigenvalue weighted by atomic mass is 9.84. The molecule has 4 heterocycles. The first-order chi connectivity index (χ1) is 12.1. The molecule has 132 valence electrons. The van der Waals surface area contributed by atoms with Crippen LogP contribution in [0.25, 0.3) is 0 Å². The van der Waals surface area contributed by atoms with E-state index in [1.165, 1.54) is 11.3 Å². The molecule has 2 aliphatic heterocycles. The van der Waals surface area contributed by atoms with E-state index in [1.54, 1.807) is 15.8 Å². The van der Waals surface area contributed by atoms with E-state index >= 15 is 0 Å². The fraction of sp³-hybridized carbons (Fsp3) is 0.500. The van der Waals surface area contributed by atoms with Gasteiger partial charge in [0, 0.05) is 24.1 Å². The number of pyridine rings is 1. The highest BCUT2D eigenvalue weighted by atomic mass is 32.1. The highest BCUT2D eigenvalue weighted by molar-refractivity contribution is 7.07. The Morgan fingerprint density at radius 3 is 3.12 bits per heavy atom. The summed E-state index contributed by atoms with van der Waals surface area (Å²) in [7, 11) is 0. The van der Waals surface area contributed by atoms with Crippen molar-refractivity contribution in [1.82, 2.24) is 14.9 Å². The number of carbonyl (C=O) groups is 1. The summed E-state index contributed by atoms with van der Waals surface area (Å²) in [5, 5.41) is 1.79. The van der Waals surface area contributed by atoms with Crippen LogP contribution in [0.5, 0.6) is 0 Å². The van der Waals surface area contributed by atoms with Crippen LogP contribution >= 0.6 is 11.3 Å². The van der Waals surface area contributed by atoms with Crippen molar-refractivity contribution in [1.29, 1.82) is 0 Å².